The van der Waals surface area contributed by atoms with Gasteiger partial charge in [0.25, 0.3) is 0 Å². The molecular formula is C10H16ClN5O. The van der Waals surface area contributed by atoms with Gasteiger partial charge in [-0.3, -0.25) is 4.79 Å². The number of nitrogens with zero attached hydrogens (tertiary/aromatic N) is 2. The lowest BCUT2D eigenvalue weighted by Crippen LogP contribution is -2.39. The highest BCUT2D eigenvalue weighted by molar-refractivity contribution is 6.32. The van der Waals surface area contributed by atoms with Crippen molar-refractivity contribution in [3.63, 3.8) is 0 Å². The fourth-order valence-electron chi connectivity index (χ4n) is 1.24. The summed E-state index contributed by atoms with van der Waals surface area (Å²) < 4.78 is 0. The maximum atomic E-state index is 11.6. The minimum atomic E-state index is -0.571. The number of nitrogens with two attached hydrogens (primary N) is 1. The van der Waals surface area contributed by atoms with Crippen LogP contribution in [0.5, 0.6) is 0 Å². The Morgan fingerprint density at radius 3 is 2.76 bits per heavy atom. The van der Waals surface area contributed by atoms with Gasteiger partial charge in [0.2, 0.25) is 5.91 Å². The van der Waals surface area contributed by atoms with Crippen molar-refractivity contribution >= 4 is 29.0 Å². The first-order valence-corrected chi connectivity index (χ1v) is 5.48. The Hall–Kier alpha value is -1.56. The average molecular weight is 258 g/mol. The van der Waals surface area contributed by atoms with Crippen LogP contribution in [-0.2, 0) is 4.79 Å². The van der Waals surface area contributed by atoms with Crippen molar-refractivity contribution in [3.05, 3.63) is 11.5 Å². The molecule has 0 atom stereocenters. The second-order valence-corrected chi connectivity index (χ2v) is 4.60. The molecule has 0 saturated carbocycles. The molecule has 94 valence electrons. The highest BCUT2D eigenvalue weighted by atomic mass is 35.5. The van der Waals surface area contributed by atoms with Crippen molar-refractivity contribution in [2.75, 3.05) is 24.6 Å². The quantitative estimate of drug-likeness (QED) is 0.697. The summed E-state index contributed by atoms with van der Waals surface area (Å²) in [6.07, 6.45) is 1.31. The summed E-state index contributed by atoms with van der Waals surface area (Å²) in [6, 6.07) is 0. The lowest BCUT2D eigenvalue weighted by Gasteiger charge is -2.23. The second kappa shape index (κ2) is 5.18. The number of hydrogen-bond donors (Lipinski definition) is 3. The summed E-state index contributed by atoms with van der Waals surface area (Å²) in [7, 11) is 1.60. The van der Waals surface area contributed by atoms with Crippen molar-refractivity contribution < 1.29 is 4.79 Å². The Bertz CT molecular complexity index is 421. The zero-order valence-electron chi connectivity index (χ0n) is 10.0. The van der Waals surface area contributed by atoms with E-state index in [0.717, 1.165) is 0 Å². The third-order valence-electron chi connectivity index (χ3n) is 2.37. The Morgan fingerprint density at radius 2 is 2.18 bits per heavy atom. The van der Waals surface area contributed by atoms with Crippen molar-refractivity contribution in [2.24, 2.45) is 5.41 Å². The van der Waals surface area contributed by atoms with Gasteiger partial charge in [0.15, 0.2) is 11.0 Å². The number of nitrogens with one attached hydrogen (secondary N) is 2. The van der Waals surface area contributed by atoms with Gasteiger partial charge in [0, 0.05) is 13.6 Å². The fourth-order valence-corrected chi connectivity index (χ4v) is 1.37. The minimum absolute atomic E-state index is 0.0660. The van der Waals surface area contributed by atoms with Crippen LogP contribution in [0, 0.1) is 5.41 Å². The molecule has 7 heteroatoms. The fraction of sp³-hybridized carbons (Fsp3) is 0.500. The number of carbonyl (C=O) groups is 1. The van der Waals surface area contributed by atoms with Crippen molar-refractivity contribution in [1.82, 2.24) is 15.3 Å². The predicted molar refractivity (Wildman–Crippen MR) is 67.8 cm³/mol. The largest absolute Gasteiger partial charge is 0.393 e. The van der Waals surface area contributed by atoms with E-state index in [1.54, 1.807) is 7.05 Å². The van der Waals surface area contributed by atoms with Gasteiger partial charge in [-0.2, -0.15) is 0 Å². The van der Waals surface area contributed by atoms with Crippen LogP contribution in [-0.4, -0.2) is 29.5 Å². The first kappa shape index (κ1) is 13.5. The van der Waals surface area contributed by atoms with Crippen molar-refractivity contribution in [2.45, 2.75) is 13.8 Å². The molecule has 4 N–H and O–H groups in total. The molecule has 1 heterocycles. The third kappa shape index (κ3) is 3.20. The molecule has 0 fully saturated rings. The van der Waals surface area contributed by atoms with E-state index in [-0.39, 0.29) is 16.7 Å². The SMILES string of the molecule is CNC(=O)C(C)(C)CNc1ncnc(Cl)c1N. The Morgan fingerprint density at radius 1 is 1.53 bits per heavy atom. The van der Waals surface area contributed by atoms with Gasteiger partial charge in [-0.05, 0) is 13.8 Å². The third-order valence-corrected chi connectivity index (χ3v) is 2.68. The number of nitrogen functional groups attached to an aromatic ring is 1. The molecule has 17 heavy (non-hydrogen) atoms. The summed E-state index contributed by atoms with van der Waals surface area (Å²) in [5.74, 6) is 0.366. The topological polar surface area (TPSA) is 92.9 Å². The smallest absolute Gasteiger partial charge is 0.227 e. The first-order valence-electron chi connectivity index (χ1n) is 5.10. The van der Waals surface area contributed by atoms with Crippen LogP contribution >= 0.6 is 11.6 Å². The van der Waals surface area contributed by atoms with E-state index in [9.17, 15) is 4.79 Å². The van der Waals surface area contributed by atoms with Crippen LogP contribution in [0.3, 0.4) is 0 Å². The van der Waals surface area contributed by atoms with Crippen LogP contribution in [0.2, 0.25) is 5.15 Å². The number of carbonyl (C=O) groups excluding carboxylic acids is 1. The van der Waals surface area contributed by atoms with Gasteiger partial charge < -0.3 is 16.4 Å². The van der Waals surface area contributed by atoms with E-state index in [4.69, 9.17) is 17.3 Å². The Labute approximate surface area is 105 Å². The average Bonchev–Trinajstić information content (AvgIpc) is 2.30. The summed E-state index contributed by atoms with van der Waals surface area (Å²) in [6.45, 7) is 4.03. The Kier molecular flexibility index (Phi) is 4.11. The van der Waals surface area contributed by atoms with Crippen LogP contribution < -0.4 is 16.4 Å². The lowest BCUT2D eigenvalue weighted by molar-refractivity contribution is -0.128. The van der Waals surface area contributed by atoms with Gasteiger partial charge in [-0.15, -0.1) is 0 Å². The number of halogens is 1. The predicted octanol–water partition coefficient (Wildman–Crippen LogP) is 0.896. The standard InChI is InChI=1S/C10H16ClN5O/c1-10(2,9(17)13-3)4-14-8-6(12)7(11)15-5-16-8/h5H,4,12H2,1-3H3,(H,13,17)(H,14,15,16). The maximum absolute atomic E-state index is 11.6. The van der Waals surface area contributed by atoms with Gasteiger partial charge in [-0.25, -0.2) is 9.97 Å². The van der Waals surface area contributed by atoms with E-state index in [1.807, 2.05) is 13.8 Å². The number of rotatable bonds is 4. The molecule has 1 amide bonds. The first-order chi connectivity index (χ1) is 7.88. The van der Waals surface area contributed by atoms with Crippen LogP contribution in [0.1, 0.15) is 13.8 Å². The van der Waals surface area contributed by atoms with Crippen molar-refractivity contribution in [3.8, 4) is 0 Å². The summed E-state index contributed by atoms with van der Waals surface area (Å²) in [5, 5.41) is 5.78. The molecule has 0 bridgehead atoms. The molecular weight excluding hydrogens is 242 g/mol. The van der Waals surface area contributed by atoms with Crippen LogP contribution in [0.4, 0.5) is 11.5 Å². The van der Waals surface area contributed by atoms with Gasteiger partial charge in [-0.1, -0.05) is 11.6 Å². The molecule has 1 aromatic heterocycles. The summed E-state index contributed by atoms with van der Waals surface area (Å²) in [5.41, 5.74) is 5.41. The van der Waals surface area contributed by atoms with Gasteiger partial charge >= 0.3 is 0 Å². The Balaban J connectivity index is 2.74. The highest BCUT2D eigenvalue weighted by Gasteiger charge is 2.26. The molecule has 0 aliphatic heterocycles. The zero-order chi connectivity index (χ0) is 13.1. The molecule has 0 aromatic carbocycles. The molecule has 0 spiro atoms. The molecule has 6 nitrogen and oxygen atoms in total. The summed E-state index contributed by atoms with van der Waals surface area (Å²) in [4.78, 5) is 19.3. The lowest BCUT2D eigenvalue weighted by atomic mass is 9.92. The zero-order valence-corrected chi connectivity index (χ0v) is 10.8. The number of hydrogen-bond acceptors (Lipinski definition) is 5. The molecule has 0 radical (unpaired) electrons. The highest BCUT2D eigenvalue weighted by Crippen LogP contribution is 2.23. The molecule has 0 unspecified atom stereocenters. The normalized spacial score (nSPS) is 11.1. The summed E-state index contributed by atoms with van der Waals surface area (Å²) >= 11 is 5.76. The van der Waals surface area contributed by atoms with Crippen LogP contribution in [0.15, 0.2) is 6.33 Å². The minimum Gasteiger partial charge on any atom is -0.393 e. The molecule has 1 aromatic rings. The number of amides is 1. The molecule has 1 rings (SSSR count). The van der Waals surface area contributed by atoms with Crippen molar-refractivity contribution in [1.29, 1.82) is 0 Å². The monoisotopic (exact) mass is 257 g/mol. The second-order valence-electron chi connectivity index (χ2n) is 4.24. The molecule has 0 saturated heterocycles. The number of aromatic nitrogens is 2. The van der Waals surface area contributed by atoms with Crippen LogP contribution in [0.25, 0.3) is 0 Å². The van der Waals surface area contributed by atoms with Gasteiger partial charge in [0.05, 0.1) is 5.41 Å². The van der Waals surface area contributed by atoms with Gasteiger partial charge in [0.1, 0.15) is 12.0 Å². The maximum Gasteiger partial charge on any atom is 0.227 e. The van der Waals surface area contributed by atoms with E-state index in [1.165, 1.54) is 6.33 Å². The molecule has 0 aliphatic rings. The van der Waals surface area contributed by atoms with E-state index < -0.39 is 5.41 Å². The number of anilines is 2. The van der Waals surface area contributed by atoms with E-state index in [0.29, 0.717) is 12.4 Å². The van der Waals surface area contributed by atoms with E-state index in [2.05, 4.69) is 20.6 Å². The molecule has 0 aliphatic carbocycles. The van der Waals surface area contributed by atoms with E-state index >= 15 is 0 Å².